The lowest BCUT2D eigenvalue weighted by molar-refractivity contribution is -0.324. The minimum Gasteiger partial charge on any atom is -0.475 e. The van der Waals surface area contributed by atoms with Gasteiger partial charge in [0, 0.05) is 0 Å². The van der Waals surface area contributed by atoms with E-state index in [-0.39, 0.29) is 11.6 Å². The van der Waals surface area contributed by atoms with Crippen LogP contribution in [-0.2, 0) is 14.4 Å². The zero-order valence-corrected chi connectivity index (χ0v) is 10.2. The fourth-order valence-electron chi connectivity index (χ4n) is 2.11. The number of urea groups is 1. The third kappa shape index (κ3) is 2.07. The number of hydrogen-bond acceptors (Lipinski definition) is 4. The summed E-state index contributed by atoms with van der Waals surface area (Å²) in [6.45, 7) is 1.43. The molecule has 0 unspecified atom stereocenters. The van der Waals surface area contributed by atoms with Gasteiger partial charge in [-0.05, 0) is 12.5 Å². The number of carbonyl (C=O) groups is 3. The molecule has 10 heteroatoms. The van der Waals surface area contributed by atoms with Crippen molar-refractivity contribution in [3.63, 3.8) is 0 Å². The Hall–Kier alpha value is -2.23. The SMILES string of the molecule is CC1=C[C@@H](C(N)=O)N2C[C@H]1N(OC(F)(F)C(=O)O)C2=O. The summed E-state index contributed by atoms with van der Waals surface area (Å²) in [5.41, 5.74) is 5.53. The minimum atomic E-state index is -4.54. The number of carboxylic acid groups (broad SMARTS) is 1. The Morgan fingerprint density at radius 1 is 1.55 bits per heavy atom. The van der Waals surface area contributed by atoms with Crippen LogP contribution < -0.4 is 5.73 Å². The van der Waals surface area contributed by atoms with Gasteiger partial charge in [0.25, 0.3) is 0 Å². The summed E-state index contributed by atoms with van der Waals surface area (Å²) in [5.74, 6) is -3.34. The standard InChI is InChI=1S/C10H11F2N3O5/c1-4-2-5(7(13)16)14-3-6(4)15(9(14)19)20-10(11,12)8(17)18/h2,5-6H,3H2,1H3,(H2,13,16)(H,17,18)/t5-,6+/m0/s1. The smallest absolute Gasteiger partial charge is 0.475 e. The highest BCUT2D eigenvalue weighted by atomic mass is 19.3. The molecule has 0 aromatic rings. The number of carboxylic acids is 1. The zero-order valence-electron chi connectivity index (χ0n) is 10.2. The quantitative estimate of drug-likeness (QED) is 0.679. The minimum absolute atomic E-state index is 0.0789. The molecular formula is C10H11F2N3O5. The van der Waals surface area contributed by atoms with E-state index in [1.165, 1.54) is 13.0 Å². The molecule has 2 rings (SSSR count). The summed E-state index contributed by atoms with van der Waals surface area (Å²) < 4.78 is 26.1. The first-order valence-electron chi connectivity index (χ1n) is 5.53. The van der Waals surface area contributed by atoms with Gasteiger partial charge < -0.3 is 15.7 Å². The highest BCUT2D eigenvalue weighted by molar-refractivity contribution is 5.90. The molecule has 20 heavy (non-hydrogen) atoms. The van der Waals surface area contributed by atoms with E-state index >= 15 is 0 Å². The van der Waals surface area contributed by atoms with Gasteiger partial charge >= 0.3 is 18.1 Å². The van der Waals surface area contributed by atoms with Crippen molar-refractivity contribution in [2.45, 2.75) is 25.1 Å². The molecule has 0 aromatic heterocycles. The lowest BCUT2D eigenvalue weighted by atomic mass is 10.0. The molecule has 0 aromatic carbocycles. The van der Waals surface area contributed by atoms with E-state index in [1.54, 1.807) is 0 Å². The maximum Gasteiger partial charge on any atom is 0.476 e. The normalized spacial score (nSPS) is 25.8. The molecule has 1 saturated heterocycles. The number of carbonyl (C=O) groups excluding carboxylic acids is 2. The van der Waals surface area contributed by atoms with E-state index in [4.69, 9.17) is 10.8 Å². The van der Waals surface area contributed by atoms with E-state index in [0.29, 0.717) is 5.57 Å². The van der Waals surface area contributed by atoms with Crippen LogP contribution in [0, 0.1) is 0 Å². The van der Waals surface area contributed by atoms with Gasteiger partial charge in [-0.3, -0.25) is 4.79 Å². The molecule has 2 heterocycles. The molecule has 2 atom stereocenters. The summed E-state index contributed by atoms with van der Waals surface area (Å²) in [4.78, 5) is 38.4. The topological polar surface area (TPSA) is 113 Å². The van der Waals surface area contributed by atoms with Crippen LogP contribution in [0.15, 0.2) is 11.6 Å². The third-order valence-corrected chi connectivity index (χ3v) is 3.12. The van der Waals surface area contributed by atoms with Crippen molar-refractivity contribution >= 4 is 17.9 Å². The molecular weight excluding hydrogens is 280 g/mol. The Kier molecular flexibility index (Phi) is 3.12. The molecule has 0 radical (unpaired) electrons. The van der Waals surface area contributed by atoms with Crippen LogP contribution in [0.1, 0.15) is 6.92 Å². The number of nitrogens with two attached hydrogens (primary N) is 1. The predicted molar refractivity (Wildman–Crippen MR) is 58.1 cm³/mol. The number of primary amides is 1. The number of nitrogens with zero attached hydrogens (tertiary/aromatic N) is 2. The number of halogens is 2. The maximum atomic E-state index is 13.1. The number of aliphatic carboxylic acids is 1. The zero-order chi connectivity index (χ0) is 15.2. The van der Waals surface area contributed by atoms with Gasteiger partial charge in [-0.1, -0.05) is 6.08 Å². The molecule has 2 aliphatic heterocycles. The van der Waals surface area contributed by atoms with Crippen LogP contribution in [0.4, 0.5) is 13.6 Å². The first-order chi connectivity index (χ1) is 9.15. The number of amides is 3. The van der Waals surface area contributed by atoms with Crippen LogP contribution in [0.5, 0.6) is 0 Å². The summed E-state index contributed by atoms with van der Waals surface area (Å²) >= 11 is 0. The molecule has 3 N–H and O–H groups in total. The van der Waals surface area contributed by atoms with Crippen LogP contribution in [0.25, 0.3) is 0 Å². The Morgan fingerprint density at radius 2 is 2.15 bits per heavy atom. The van der Waals surface area contributed by atoms with Crippen molar-refractivity contribution in [2.75, 3.05) is 6.54 Å². The van der Waals surface area contributed by atoms with Gasteiger partial charge in [-0.25, -0.2) is 9.59 Å². The van der Waals surface area contributed by atoms with E-state index in [2.05, 4.69) is 4.84 Å². The molecule has 110 valence electrons. The number of alkyl halides is 2. The van der Waals surface area contributed by atoms with Gasteiger partial charge in [0.15, 0.2) is 0 Å². The highest BCUT2D eigenvalue weighted by Crippen LogP contribution is 2.32. The molecule has 0 spiro atoms. The van der Waals surface area contributed by atoms with Crippen molar-refractivity contribution < 1.29 is 33.1 Å². The average Bonchev–Trinajstić information content (AvgIpc) is 2.59. The first kappa shape index (κ1) is 14.2. The van der Waals surface area contributed by atoms with Crippen molar-refractivity contribution in [2.24, 2.45) is 5.73 Å². The molecule has 0 aliphatic carbocycles. The lowest BCUT2D eigenvalue weighted by Crippen LogP contribution is -2.47. The van der Waals surface area contributed by atoms with Crippen LogP contribution >= 0.6 is 0 Å². The molecule has 3 amide bonds. The fraction of sp³-hybridized carbons (Fsp3) is 0.500. The Morgan fingerprint density at radius 3 is 2.65 bits per heavy atom. The Labute approximate surface area is 111 Å². The molecule has 0 saturated carbocycles. The Bertz CT molecular complexity index is 521. The van der Waals surface area contributed by atoms with Crippen molar-refractivity contribution in [3.05, 3.63) is 11.6 Å². The van der Waals surface area contributed by atoms with Gasteiger partial charge in [0.2, 0.25) is 5.91 Å². The van der Waals surface area contributed by atoms with E-state index in [1.807, 2.05) is 0 Å². The number of rotatable bonds is 4. The van der Waals surface area contributed by atoms with Crippen LogP contribution in [0.2, 0.25) is 0 Å². The predicted octanol–water partition coefficient (Wildman–Crippen LogP) is -0.485. The molecule has 8 nitrogen and oxygen atoms in total. The second-order valence-electron chi connectivity index (χ2n) is 4.45. The number of fused-ring (bicyclic) bond motifs is 2. The molecule has 1 fully saturated rings. The Balaban J connectivity index is 2.28. The number of hydroxylamine groups is 2. The van der Waals surface area contributed by atoms with Crippen molar-refractivity contribution in [1.29, 1.82) is 0 Å². The second-order valence-corrected chi connectivity index (χ2v) is 4.45. The van der Waals surface area contributed by atoms with Gasteiger partial charge in [0.05, 0.1) is 6.54 Å². The van der Waals surface area contributed by atoms with E-state index in [9.17, 15) is 23.2 Å². The average molecular weight is 291 g/mol. The van der Waals surface area contributed by atoms with Crippen molar-refractivity contribution in [3.8, 4) is 0 Å². The van der Waals surface area contributed by atoms with Crippen LogP contribution in [0.3, 0.4) is 0 Å². The van der Waals surface area contributed by atoms with Gasteiger partial charge in [0.1, 0.15) is 12.1 Å². The third-order valence-electron chi connectivity index (χ3n) is 3.12. The van der Waals surface area contributed by atoms with Crippen molar-refractivity contribution in [1.82, 2.24) is 9.96 Å². The summed E-state index contributed by atoms with van der Waals surface area (Å²) in [6.07, 6.45) is -3.19. The van der Waals surface area contributed by atoms with Gasteiger partial charge in [-0.15, -0.1) is 0 Å². The molecule has 2 aliphatic rings. The van der Waals surface area contributed by atoms with E-state index in [0.717, 1.165) is 4.90 Å². The number of hydrogen-bond donors (Lipinski definition) is 2. The summed E-state index contributed by atoms with van der Waals surface area (Å²) in [7, 11) is 0. The largest absolute Gasteiger partial charge is 0.476 e. The lowest BCUT2D eigenvalue weighted by Gasteiger charge is -2.26. The summed E-state index contributed by atoms with van der Waals surface area (Å²) in [6, 6.07) is -2.98. The fourth-order valence-corrected chi connectivity index (χ4v) is 2.11. The maximum absolute atomic E-state index is 13.1. The van der Waals surface area contributed by atoms with E-state index < -0.39 is 36.1 Å². The molecule has 2 bridgehead atoms. The monoisotopic (exact) mass is 291 g/mol. The first-order valence-corrected chi connectivity index (χ1v) is 5.53. The summed E-state index contributed by atoms with van der Waals surface area (Å²) in [5, 5.41) is 8.59. The second kappa shape index (κ2) is 4.40. The van der Waals surface area contributed by atoms with Gasteiger partial charge in [-0.2, -0.15) is 18.7 Å². The van der Waals surface area contributed by atoms with Crippen LogP contribution in [-0.4, -0.2) is 57.7 Å². The highest BCUT2D eigenvalue weighted by Gasteiger charge is 2.53.